The molecule has 0 unspecified atom stereocenters. The topological polar surface area (TPSA) is 40.6 Å². The number of carbonyl (C=O) groups excluding carboxylic acids is 2. The third-order valence-electron chi connectivity index (χ3n) is 1.69. The zero-order valence-corrected chi connectivity index (χ0v) is 7.91. The van der Waals surface area contributed by atoms with Gasteiger partial charge in [0.15, 0.2) is 0 Å². The maximum Gasteiger partial charge on any atom is 0.236 e. The van der Waals surface area contributed by atoms with Crippen molar-refractivity contribution in [3.8, 4) is 0 Å². The lowest BCUT2D eigenvalue weighted by Crippen LogP contribution is -2.37. The highest BCUT2D eigenvalue weighted by Crippen LogP contribution is 1.87. The van der Waals surface area contributed by atoms with Crippen LogP contribution in [0.5, 0.6) is 0 Å². The van der Waals surface area contributed by atoms with Crippen molar-refractivity contribution in [2.24, 2.45) is 0 Å². The zero-order valence-electron chi connectivity index (χ0n) is 7.91. The fourth-order valence-corrected chi connectivity index (χ4v) is 0.720. The molecule has 0 spiro atoms. The number of nitrogens with zero attached hydrogens (tertiary/aromatic N) is 2. The number of aldehydes is 1. The lowest BCUT2D eigenvalue weighted by Gasteiger charge is -2.18. The Bertz CT molecular complexity index is 159. The van der Waals surface area contributed by atoms with Crippen molar-refractivity contribution < 1.29 is 9.59 Å². The highest BCUT2D eigenvalue weighted by molar-refractivity contribution is 5.78. The van der Waals surface area contributed by atoms with Crippen LogP contribution in [0.4, 0.5) is 0 Å². The van der Waals surface area contributed by atoms with Gasteiger partial charge in [0, 0.05) is 13.6 Å². The molecule has 0 atom stereocenters. The van der Waals surface area contributed by atoms with Gasteiger partial charge in [0.25, 0.3) is 0 Å². The fraction of sp³-hybridized carbons (Fsp3) is 0.750. The van der Waals surface area contributed by atoms with Crippen LogP contribution < -0.4 is 0 Å². The van der Waals surface area contributed by atoms with Crippen molar-refractivity contribution in [3.05, 3.63) is 0 Å². The van der Waals surface area contributed by atoms with Crippen molar-refractivity contribution in [1.82, 2.24) is 9.80 Å². The minimum absolute atomic E-state index is 0.0434. The third-order valence-corrected chi connectivity index (χ3v) is 1.69. The number of hydrogen-bond donors (Lipinski definition) is 0. The van der Waals surface area contributed by atoms with Crippen LogP contribution in [-0.2, 0) is 9.59 Å². The zero-order chi connectivity index (χ0) is 9.56. The van der Waals surface area contributed by atoms with Gasteiger partial charge < -0.3 is 9.69 Å². The maximum atomic E-state index is 11.2. The molecular weight excluding hydrogens is 156 g/mol. The number of rotatable bonds is 5. The van der Waals surface area contributed by atoms with E-state index in [4.69, 9.17) is 0 Å². The van der Waals surface area contributed by atoms with Crippen LogP contribution in [0.25, 0.3) is 0 Å². The quantitative estimate of drug-likeness (QED) is 0.530. The summed E-state index contributed by atoms with van der Waals surface area (Å²) in [6.45, 7) is 3.23. The van der Waals surface area contributed by atoms with Gasteiger partial charge in [-0.15, -0.1) is 0 Å². The molecule has 0 aromatic rings. The van der Waals surface area contributed by atoms with E-state index in [0.29, 0.717) is 19.6 Å². The van der Waals surface area contributed by atoms with Gasteiger partial charge in [0.1, 0.15) is 6.29 Å². The van der Waals surface area contributed by atoms with E-state index >= 15 is 0 Å². The molecule has 4 heteroatoms. The smallest absolute Gasteiger partial charge is 0.236 e. The normalized spacial score (nSPS) is 10.0. The Morgan fingerprint density at radius 2 is 2.00 bits per heavy atom. The SMILES string of the molecule is CCN(C)C(=O)CN(C)CC=O. The summed E-state index contributed by atoms with van der Waals surface area (Å²) in [5, 5.41) is 0. The number of likely N-dealkylation sites (N-methyl/N-ethyl adjacent to an activating group) is 2. The molecule has 0 aromatic heterocycles. The van der Waals surface area contributed by atoms with Gasteiger partial charge >= 0.3 is 0 Å². The average molecular weight is 172 g/mol. The number of carbonyl (C=O) groups is 2. The Balaban J connectivity index is 3.75. The highest BCUT2D eigenvalue weighted by Gasteiger charge is 2.08. The van der Waals surface area contributed by atoms with Crippen molar-refractivity contribution in [3.63, 3.8) is 0 Å². The summed E-state index contributed by atoms with van der Waals surface area (Å²) in [6, 6.07) is 0. The Morgan fingerprint density at radius 3 is 2.42 bits per heavy atom. The molecular formula is C8H16N2O2. The third kappa shape index (κ3) is 4.08. The Labute approximate surface area is 73.1 Å². The summed E-state index contributed by atoms with van der Waals surface area (Å²) in [4.78, 5) is 24.6. The molecule has 1 amide bonds. The molecule has 0 aliphatic rings. The van der Waals surface area contributed by atoms with E-state index in [1.54, 1.807) is 23.9 Å². The first-order chi connectivity index (χ1) is 5.61. The molecule has 0 rings (SSSR count). The molecule has 0 bridgehead atoms. The van der Waals surface area contributed by atoms with Gasteiger partial charge in [-0.2, -0.15) is 0 Å². The summed E-state index contributed by atoms with van der Waals surface area (Å²) in [6.07, 6.45) is 0.791. The first-order valence-corrected chi connectivity index (χ1v) is 3.98. The van der Waals surface area contributed by atoms with Gasteiger partial charge in [-0.05, 0) is 14.0 Å². The summed E-state index contributed by atoms with van der Waals surface area (Å²) in [7, 11) is 3.49. The summed E-state index contributed by atoms with van der Waals surface area (Å²) in [5.74, 6) is 0.0434. The molecule has 0 saturated heterocycles. The first-order valence-electron chi connectivity index (χ1n) is 3.98. The molecule has 0 aliphatic carbocycles. The van der Waals surface area contributed by atoms with Crippen LogP contribution in [0.2, 0.25) is 0 Å². The lowest BCUT2D eigenvalue weighted by atomic mass is 10.4. The number of amides is 1. The molecule has 0 saturated carbocycles. The van der Waals surface area contributed by atoms with Crippen LogP contribution in [0.3, 0.4) is 0 Å². The van der Waals surface area contributed by atoms with Gasteiger partial charge in [0.2, 0.25) is 5.91 Å². The van der Waals surface area contributed by atoms with Crippen molar-refractivity contribution in [2.75, 3.05) is 33.7 Å². The van der Waals surface area contributed by atoms with Crippen molar-refractivity contribution >= 4 is 12.2 Å². The van der Waals surface area contributed by atoms with Crippen LogP contribution in [0, 0.1) is 0 Å². The van der Waals surface area contributed by atoms with E-state index in [1.165, 1.54) is 0 Å². The van der Waals surface area contributed by atoms with E-state index in [9.17, 15) is 9.59 Å². The second kappa shape index (κ2) is 5.71. The highest BCUT2D eigenvalue weighted by atomic mass is 16.2. The van der Waals surface area contributed by atoms with Gasteiger partial charge in [-0.3, -0.25) is 9.69 Å². The molecule has 4 nitrogen and oxygen atoms in total. The van der Waals surface area contributed by atoms with Gasteiger partial charge in [-0.25, -0.2) is 0 Å². The van der Waals surface area contributed by atoms with Crippen molar-refractivity contribution in [2.45, 2.75) is 6.92 Å². The first kappa shape index (κ1) is 11.1. The van der Waals surface area contributed by atoms with E-state index in [1.807, 2.05) is 6.92 Å². The van der Waals surface area contributed by atoms with Crippen LogP contribution in [0.15, 0.2) is 0 Å². The monoisotopic (exact) mass is 172 g/mol. The van der Waals surface area contributed by atoms with E-state index in [-0.39, 0.29) is 5.91 Å². The predicted octanol–water partition coefficient (Wildman–Crippen LogP) is -0.405. The molecule has 0 N–H and O–H groups in total. The van der Waals surface area contributed by atoms with Crippen molar-refractivity contribution in [1.29, 1.82) is 0 Å². The lowest BCUT2D eigenvalue weighted by molar-refractivity contribution is -0.130. The second-order valence-electron chi connectivity index (χ2n) is 2.77. The maximum absolute atomic E-state index is 11.2. The Morgan fingerprint density at radius 1 is 1.42 bits per heavy atom. The standard InChI is InChI=1S/C8H16N2O2/c1-4-10(3)8(12)7-9(2)5-6-11/h6H,4-5,7H2,1-3H3. The fourth-order valence-electron chi connectivity index (χ4n) is 0.720. The Kier molecular flexibility index (Phi) is 5.28. The minimum Gasteiger partial charge on any atom is -0.345 e. The number of hydrogen-bond acceptors (Lipinski definition) is 3. The summed E-state index contributed by atoms with van der Waals surface area (Å²) in [5.41, 5.74) is 0. The summed E-state index contributed by atoms with van der Waals surface area (Å²) >= 11 is 0. The molecule has 0 aromatic carbocycles. The van der Waals surface area contributed by atoms with Crippen LogP contribution >= 0.6 is 0 Å². The van der Waals surface area contributed by atoms with E-state index in [0.717, 1.165) is 6.29 Å². The van der Waals surface area contributed by atoms with Crippen LogP contribution in [-0.4, -0.2) is 55.7 Å². The molecule has 12 heavy (non-hydrogen) atoms. The Hall–Kier alpha value is -0.900. The van der Waals surface area contributed by atoms with E-state index < -0.39 is 0 Å². The predicted molar refractivity (Wildman–Crippen MR) is 46.9 cm³/mol. The largest absolute Gasteiger partial charge is 0.345 e. The molecule has 0 radical (unpaired) electrons. The average Bonchev–Trinajstić information content (AvgIpc) is 2.03. The second-order valence-corrected chi connectivity index (χ2v) is 2.77. The minimum atomic E-state index is 0.0434. The molecule has 0 aliphatic heterocycles. The van der Waals surface area contributed by atoms with Gasteiger partial charge in [0.05, 0.1) is 13.1 Å². The van der Waals surface area contributed by atoms with Gasteiger partial charge in [-0.1, -0.05) is 0 Å². The van der Waals surface area contributed by atoms with E-state index in [2.05, 4.69) is 0 Å². The molecule has 70 valence electrons. The van der Waals surface area contributed by atoms with Crippen LogP contribution in [0.1, 0.15) is 6.92 Å². The molecule has 0 fully saturated rings. The molecule has 0 heterocycles. The summed E-state index contributed by atoms with van der Waals surface area (Å²) < 4.78 is 0.